The predicted molar refractivity (Wildman–Crippen MR) is 120 cm³/mol. The summed E-state index contributed by atoms with van der Waals surface area (Å²) in [6, 6.07) is 10.4. The molecule has 3 rings (SSSR count). The number of nitrogens with zero attached hydrogens (tertiary/aromatic N) is 3. The van der Waals surface area contributed by atoms with E-state index < -0.39 is 37.4 Å². The van der Waals surface area contributed by atoms with Crippen molar-refractivity contribution in [2.45, 2.75) is 4.90 Å². The van der Waals surface area contributed by atoms with Crippen molar-refractivity contribution in [1.82, 2.24) is 4.31 Å². The highest BCUT2D eigenvalue weighted by molar-refractivity contribution is 7.92. The van der Waals surface area contributed by atoms with E-state index in [0.717, 1.165) is 16.6 Å². The Balaban J connectivity index is 1.78. The molecule has 0 atom stereocenters. The third-order valence-electron chi connectivity index (χ3n) is 4.76. The largest absolute Gasteiger partial charge is 0.379 e. The van der Waals surface area contributed by atoms with Crippen molar-refractivity contribution < 1.29 is 31.3 Å². The van der Waals surface area contributed by atoms with Crippen LogP contribution in [0.3, 0.4) is 0 Å². The Labute approximate surface area is 191 Å². The molecule has 1 heterocycles. The summed E-state index contributed by atoms with van der Waals surface area (Å²) in [5.41, 5.74) is -0.00735. The second-order valence-electron chi connectivity index (χ2n) is 7.14. The molecular formula is C19H22N4O8S2. The van der Waals surface area contributed by atoms with E-state index in [1.165, 1.54) is 46.8 Å². The molecule has 1 N–H and O–H groups in total. The van der Waals surface area contributed by atoms with Crippen molar-refractivity contribution in [3.63, 3.8) is 0 Å². The van der Waals surface area contributed by atoms with Crippen LogP contribution in [0.25, 0.3) is 0 Å². The van der Waals surface area contributed by atoms with Gasteiger partial charge in [0.2, 0.25) is 26.0 Å². The van der Waals surface area contributed by atoms with E-state index in [-0.39, 0.29) is 35.0 Å². The van der Waals surface area contributed by atoms with Crippen molar-refractivity contribution in [3.05, 3.63) is 58.6 Å². The number of morpholine rings is 1. The summed E-state index contributed by atoms with van der Waals surface area (Å²) < 4.78 is 57.4. The molecule has 1 aliphatic rings. The minimum atomic E-state index is -3.91. The van der Waals surface area contributed by atoms with Crippen molar-refractivity contribution in [2.75, 3.05) is 48.7 Å². The molecule has 0 spiro atoms. The summed E-state index contributed by atoms with van der Waals surface area (Å²) in [4.78, 5) is 22.7. The van der Waals surface area contributed by atoms with Gasteiger partial charge in [0.1, 0.15) is 6.54 Å². The van der Waals surface area contributed by atoms with Gasteiger partial charge in [-0.15, -0.1) is 0 Å². The van der Waals surface area contributed by atoms with Gasteiger partial charge in [0.05, 0.1) is 35.0 Å². The molecule has 14 heteroatoms. The van der Waals surface area contributed by atoms with E-state index in [1.54, 1.807) is 0 Å². The van der Waals surface area contributed by atoms with E-state index in [0.29, 0.717) is 13.2 Å². The average Bonchev–Trinajstić information content (AvgIpc) is 2.77. The van der Waals surface area contributed by atoms with Crippen LogP contribution in [0.1, 0.15) is 0 Å². The monoisotopic (exact) mass is 498 g/mol. The van der Waals surface area contributed by atoms with Crippen molar-refractivity contribution in [1.29, 1.82) is 0 Å². The SMILES string of the molecule is CS(=O)(=O)N(CC(=O)Nc1cccc([N+](=O)[O-])c1)c1ccc(S(=O)(=O)N2CCOCC2)cc1. The van der Waals surface area contributed by atoms with Crippen molar-refractivity contribution in [3.8, 4) is 0 Å². The zero-order valence-electron chi connectivity index (χ0n) is 17.6. The molecule has 1 fully saturated rings. The number of non-ortho nitro benzene ring substituents is 1. The number of carbonyl (C=O) groups is 1. The highest BCUT2D eigenvalue weighted by Crippen LogP contribution is 2.23. The zero-order valence-corrected chi connectivity index (χ0v) is 19.2. The molecule has 12 nitrogen and oxygen atoms in total. The lowest BCUT2D eigenvalue weighted by molar-refractivity contribution is -0.384. The predicted octanol–water partition coefficient (Wildman–Crippen LogP) is 1.02. The van der Waals surface area contributed by atoms with Crippen LogP contribution >= 0.6 is 0 Å². The molecule has 0 radical (unpaired) electrons. The molecule has 1 saturated heterocycles. The lowest BCUT2D eigenvalue weighted by atomic mass is 10.3. The quantitative estimate of drug-likeness (QED) is 0.418. The number of hydrogen-bond donors (Lipinski definition) is 1. The summed E-state index contributed by atoms with van der Waals surface area (Å²) in [6.45, 7) is 0.406. The molecule has 2 aromatic rings. The fourth-order valence-corrected chi connectivity index (χ4v) is 5.41. The van der Waals surface area contributed by atoms with Crippen LogP contribution < -0.4 is 9.62 Å². The molecule has 1 aliphatic heterocycles. The Morgan fingerprint density at radius 3 is 2.33 bits per heavy atom. The maximum absolute atomic E-state index is 12.7. The van der Waals surface area contributed by atoms with E-state index in [1.807, 2.05) is 0 Å². The maximum Gasteiger partial charge on any atom is 0.271 e. The average molecular weight is 499 g/mol. The number of nitro groups is 1. The van der Waals surface area contributed by atoms with Crippen LogP contribution in [0.2, 0.25) is 0 Å². The standard InChI is InChI=1S/C19H22N4O8S2/c1-32(27,28)22(14-19(24)20-15-3-2-4-17(13-15)23(25)26)16-5-7-18(8-6-16)33(29,30)21-9-11-31-12-10-21/h2-8,13H,9-12,14H2,1H3,(H,20,24). The topological polar surface area (TPSA) is 156 Å². The third-order valence-corrected chi connectivity index (χ3v) is 7.81. The van der Waals surface area contributed by atoms with Gasteiger partial charge in [-0.1, -0.05) is 6.07 Å². The molecule has 0 unspecified atom stereocenters. The van der Waals surface area contributed by atoms with Gasteiger partial charge >= 0.3 is 0 Å². The minimum Gasteiger partial charge on any atom is -0.379 e. The summed E-state index contributed by atoms with van der Waals surface area (Å²) in [6.07, 6.45) is 0.909. The van der Waals surface area contributed by atoms with Gasteiger partial charge in [-0.2, -0.15) is 4.31 Å². The summed E-state index contributed by atoms with van der Waals surface area (Å²) in [5, 5.41) is 13.3. The first-order valence-corrected chi connectivity index (χ1v) is 13.0. The Morgan fingerprint density at radius 1 is 1.12 bits per heavy atom. The number of anilines is 2. The number of ether oxygens (including phenoxy) is 1. The highest BCUT2D eigenvalue weighted by Gasteiger charge is 2.27. The van der Waals surface area contributed by atoms with Crippen LogP contribution in [0, 0.1) is 10.1 Å². The normalized spacial score (nSPS) is 15.1. The third kappa shape index (κ3) is 6.04. The molecular weight excluding hydrogens is 476 g/mol. The zero-order chi connectivity index (χ0) is 24.2. The van der Waals surface area contributed by atoms with E-state index >= 15 is 0 Å². The molecule has 33 heavy (non-hydrogen) atoms. The number of benzene rings is 2. The first-order chi connectivity index (χ1) is 15.5. The molecule has 178 valence electrons. The minimum absolute atomic E-state index is 0.0114. The van der Waals surface area contributed by atoms with Crippen LogP contribution in [0.4, 0.5) is 17.1 Å². The van der Waals surface area contributed by atoms with Crippen molar-refractivity contribution >= 4 is 43.0 Å². The Morgan fingerprint density at radius 2 is 1.76 bits per heavy atom. The summed E-state index contributed by atoms with van der Waals surface area (Å²) in [5.74, 6) is -0.731. The van der Waals surface area contributed by atoms with Crippen LogP contribution in [-0.2, 0) is 29.6 Å². The van der Waals surface area contributed by atoms with Gasteiger partial charge in [-0.3, -0.25) is 19.2 Å². The van der Waals surface area contributed by atoms with E-state index in [2.05, 4.69) is 5.32 Å². The van der Waals surface area contributed by atoms with E-state index in [4.69, 9.17) is 4.74 Å². The number of hydrogen-bond acceptors (Lipinski definition) is 8. The van der Waals surface area contributed by atoms with Gasteiger partial charge in [0.15, 0.2) is 0 Å². The smallest absolute Gasteiger partial charge is 0.271 e. The van der Waals surface area contributed by atoms with Crippen LogP contribution in [-0.4, -0.2) is 71.1 Å². The molecule has 2 aromatic carbocycles. The van der Waals surface area contributed by atoms with Gasteiger partial charge in [0.25, 0.3) is 5.69 Å². The van der Waals surface area contributed by atoms with Gasteiger partial charge in [0, 0.05) is 30.9 Å². The summed E-state index contributed by atoms with van der Waals surface area (Å²) >= 11 is 0. The Kier molecular flexibility index (Phi) is 7.31. The van der Waals surface area contributed by atoms with Crippen molar-refractivity contribution in [2.24, 2.45) is 0 Å². The fourth-order valence-electron chi connectivity index (χ4n) is 3.15. The van der Waals surface area contributed by atoms with Crippen LogP contribution in [0.5, 0.6) is 0 Å². The second-order valence-corrected chi connectivity index (χ2v) is 11.0. The number of nitrogens with one attached hydrogen (secondary N) is 1. The van der Waals surface area contributed by atoms with Gasteiger partial charge < -0.3 is 10.1 Å². The number of rotatable bonds is 8. The van der Waals surface area contributed by atoms with Gasteiger partial charge in [-0.25, -0.2) is 16.8 Å². The number of nitro benzene ring substituents is 1. The first-order valence-electron chi connectivity index (χ1n) is 9.68. The molecule has 0 aliphatic carbocycles. The molecule has 0 bridgehead atoms. The number of amides is 1. The Bertz CT molecular complexity index is 1240. The Hall–Kier alpha value is -3.07. The molecule has 0 aromatic heterocycles. The summed E-state index contributed by atoms with van der Waals surface area (Å²) in [7, 11) is -7.67. The second kappa shape index (κ2) is 9.82. The van der Waals surface area contributed by atoms with E-state index in [9.17, 15) is 31.7 Å². The number of sulfonamides is 2. The lowest BCUT2D eigenvalue weighted by Crippen LogP contribution is -2.40. The lowest BCUT2D eigenvalue weighted by Gasteiger charge is -2.26. The number of carbonyl (C=O) groups excluding carboxylic acids is 1. The van der Waals surface area contributed by atoms with Gasteiger partial charge in [-0.05, 0) is 30.3 Å². The fraction of sp³-hybridized carbons (Fsp3) is 0.316. The van der Waals surface area contributed by atoms with Crippen LogP contribution in [0.15, 0.2) is 53.4 Å². The highest BCUT2D eigenvalue weighted by atomic mass is 32.2. The first kappa shape index (κ1) is 24.6. The molecule has 0 saturated carbocycles. The molecule has 1 amide bonds. The maximum atomic E-state index is 12.7.